The van der Waals surface area contributed by atoms with Gasteiger partial charge in [-0.25, -0.2) is 0 Å². The predicted octanol–water partition coefficient (Wildman–Crippen LogP) is 0.0549. The number of amides is 1. The number of β-amino-alcohol motifs (C(OH)–C–C–N with tert-alkyl or cyclic N) is 1. The first-order valence-electron chi connectivity index (χ1n) is 7.04. The second-order valence-electron chi connectivity index (χ2n) is 5.15. The minimum Gasteiger partial charge on any atom is -0.460 e. The third-order valence-electron chi connectivity index (χ3n) is 3.38. The van der Waals surface area contributed by atoms with Crippen LogP contribution in [-0.2, 0) is 20.9 Å². The lowest BCUT2D eigenvalue weighted by Crippen LogP contribution is -2.42. The first-order valence-corrected chi connectivity index (χ1v) is 7.04. The van der Waals surface area contributed by atoms with Gasteiger partial charge in [0.1, 0.15) is 13.2 Å². The van der Waals surface area contributed by atoms with E-state index in [-0.39, 0.29) is 41.7 Å². The molecule has 1 heterocycles. The van der Waals surface area contributed by atoms with Crippen LogP contribution in [0.25, 0.3) is 0 Å². The fourth-order valence-corrected chi connectivity index (χ4v) is 2.13. The van der Waals surface area contributed by atoms with Crippen molar-refractivity contribution in [2.75, 3.05) is 13.1 Å². The Morgan fingerprint density at radius 1 is 1.38 bits per heavy atom. The molecule has 9 nitrogen and oxygen atoms in total. The zero-order valence-electron chi connectivity index (χ0n) is 12.6. The van der Waals surface area contributed by atoms with Gasteiger partial charge in [0, 0.05) is 18.7 Å². The molecular formula is C14H18BrN3O6. The Morgan fingerprint density at radius 2 is 2.04 bits per heavy atom. The Labute approximate surface area is 148 Å². The summed E-state index contributed by atoms with van der Waals surface area (Å²) in [4.78, 5) is 33.3. The number of ether oxygens (including phenoxy) is 1. The SMILES string of the molecule is Br.O=C(CNC(=O)[C@@H]1C[C@@H](O)CN1)OCc1ccc([N+](=O)[O-])cc1. The molecule has 3 N–H and O–H groups in total. The molecule has 0 radical (unpaired) electrons. The second kappa shape index (κ2) is 9.30. The summed E-state index contributed by atoms with van der Waals surface area (Å²) in [6.07, 6.45) is -0.247. The summed E-state index contributed by atoms with van der Waals surface area (Å²) in [5.41, 5.74) is 0.564. The number of nitro groups is 1. The van der Waals surface area contributed by atoms with Crippen molar-refractivity contribution in [3.63, 3.8) is 0 Å². The summed E-state index contributed by atoms with van der Waals surface area (Å²) in [6.45, 7) is 0.0376. The Balaban J connectivity index is 0.00000288. The van der Waals surface area contributed by atoms with E-state index in [1.54, 1.807) is 0 Å². The Kier molecular flexibility index (Phi) is 7.75. The van der Waals surface area contributed by atoms with E-state index in [1.165, 1.54) is 24.3 Å². The number of carbonyl (C=O) groups excluding carboxylic acids is 2. The van der Waals surface area contributed by atoms with Crippen molar-refractivity contribution >= 4 is 34.5 Å². The molecule has 1 aliphatic heterocycles. The van der Waals surface area contributed by atoms with Crippen LogP contribution in [0.1, 0.15) is 12.0 Å². The van der Waals surface area contributed by atoms with Gasteiger partial charge in [-0.3, -0.25) is 19.7 Å². The van der Waals surface area contributed by atoms with Gasteiger partial charge in [-0.15, -0.1) is 17.0 Å². The molecule has 0 saturated carbocycles. The maximum atomic E-state index is 11.7. The zero-order valence-corrected chi connectivity index (χ0v) is 14.3. The van der Waals surface area contributed by atoms with Gasteiger partial charge in [-0.2, -0.15) is 0 Å². The van der Waals surface area contributed by atoms with Gasteiger partial charge in [-0.05, 0) is 24.1 Å². The number of carbonyl (C=O) groups is 2. The van der Waals surface area contributed by atoms with Crippen LogP contribution in [0.5, 0.6) is 0 Å². The summed E-state index contributed by atoms with van der Waals surface area (Å²) in [5.74, 6) is -0.982. The van der Waals surface area contributed by atoms with E-state index in [0.29, 0.717) is 18.5 Å². The number of aliphatic hydroxyl groups excluding tert-OH is 1. The highest BCUT2D eigenvalue weighted by molar-refractivity contribution is 8.93. The van der Waals surface area contributed by atoms with Crippen molar-refractivity contribution in [3.05, 3.63) is 39.9 Å². The van der Waals surface area contributed by atoms with Crippen molar-refractivity contribution in [2.45, 2.75) is 25.2 Å². The second-order valence-corrected chi connectivity index (χ2v) is 5.15. The number of hydrogen-bond donors (Lipinski definition) is 3. The lowest BCUT2D eigenvalue weighted by molar-refractivity contribution is -0.384. The van der Waals surface area contributed by atoms with Crippen LogP contribution in [0.3, 0.4) is 0 Å². The molecule has 0 spiro atoms. The summed E-state index contributed by atoms with van der Waals surface area (Å²) in [6, 6.07) is 5.12. The number of hydrogen-bond acceptors (Lipinski definition) is 7. The van der Waals surface area contributed by atoms with E-state index in [2.05, 4.69) is 10.6 Å². The molecule has 2 rings (SSSR count). The number of aliphatic hydroxyl groups is 1. The van der Waals surface area contributed by atoms with E-state index < -0.39 is 23.0 Å². The number of nitrogens with one attached hydrogen (secondary N) is 2. The smallest absolute Gasteiger partial charge is 0.325 e. The van der Waals surface area contributed by atoms with Crippen LogP contribution >= 0.6 is 17.0 Å². The normalized spacial score (nSPS) is 19.2. The first kappa shape index (κ1) is 20.0. The summed E-state index contributed by atoms with van der Waals surface area (Å²) in [5, 5.41) is 25.1. The Bertz CT molecular complexity index is 595. The molecule has 1 fully saturated rings. The average molecular weight is 404 g/mol. The van der Waals surface area contributed by atoms with E-state index in [4.69, 9.17) is 4.74 Å². The molecule has 1 saturated heterocycles. The molecular weight excluding hydrogens is 386 g/mol. The maximum absolute atomic E-state index is 11.7. The minimum atomic E-state index is -0.616. The lowest BCUT2D eigenvalue weighted by Gasteiger charge is -2.10. The molecule has 2 atom stereocenters. The highest BCUT2D eigenvalue weighted by atomic mass is 79.9. The average Bonchev–Trinajstić information content (AvgIpc) is 2.97. The van der Waals surface area contributed by atoms with Crippen LogP contribution in [-0.4, -0.2) is 47.1 Å². The minimum absolute atomic E-state index is 0. The molecule has 0 aliphatic carbocycles. The van der Waals surface area contributed by atoms with Gasteiger partial charge in [-0.1, -0.05) is 0 Å². The number of halogens is 1. The molecule has 1 aromatic rings. The molecule has 24 heavy (non-hydrogen) atoms. The number of non-ortho nitro benzene ring substituents is 1. The van der Waals surface area contributed by atoms with Crippen LogP contribution in [0, 0.1) is 10.1 Å². The van der Waals surface area contributed by atoms with Crippen molar-refractivity contribution in [2.24, 2.45) is 0 Å². The molecule has 1 aromatic carbocycles. The molecule has 1 aliphatic rings. The van der Waals surface area contributed by atoms with E-state index >= 15 is 0 Å². The van der Waals surface area contributed by atoms with Gasteiger partial charge in [0.05, 0.1) is 17.1 Å². The number of nitrogens with zero attached hydrogens (tertiary/aromatic N) is 1. The molecule has 10 heteroatoms. The third kappa shape index (κ3) is 5.87. The van der Waals surface area contributed by atoms with Gasteiger partial charge < -0.3 is 20.5 Å². The van der Waals surface area contributed by atoms with E-state index in [9.17, 15) is 24.8 Å². The first-order chi connectivity index (χ1) is 11.0. The van der Waals surface area contributed by atoms with Crippen molar-refractivity contribution in [1.29, 1.82) is 0 Å². The standard InChI is InChI=1S/C14H17N3O6.BrH/c18-11-5-12(15-6-11)14(20)16-7-13(19)23-8-9-1-3-10(4-2-9)17(21)22;/h1-4,11-12,15,18H,5-8H2,(H,16,20);1H/t11-,12+;/m1./s1. The molecule has 0 unspecified atom stereocenters. The highest BCUT2D eigenvalue weighted by Gasteiger charge is 2.28. The number of benzene rings is 1. The molecule has 1 amide bonds. The van der Waals surface area contributed by atoms with Crippen molar-refractivity contribution < 1.29 is 24.4 Å². The van der Waals surface area contributed by atoms with Crippen molar-refractivity contribution in [1.82, 2.24) is 10.6 Å². The van der Waals surface area contributed by atoms with Crippen LogP contribution < -0.4 is 10.6 Å². The summed E-state index contributed by atoms with van der Waals surface area (Å²) >= 11 is 0. The molecule has 0 aromatic heterocycles. The fraction of sp³-hybridized carbons (Fsp3) is 0.429. The van der Waals surface area contributed by atoms with Gasteiger partial charge in [0.25, 0.3) is 5.69 Å². The largest absolute Gasteiger partial charge is 0.460 e. The number of esters is 1. The van der Waals surface area contributed by atoms with Crippen molar-refractivity contribution in [3.8, 4) is 0 Å². The van der Waals surface area contributed by atoms with Crippen LogP contribution in [0.4, 0.5) is 5.69 Å². The maximum Gasteiger partial charge on any atom is 0.325 e. The monoisotopic (exact) mass is 403 g/mol. The third-order valence-corrected chi connectivity index (χ3v) is 3.38. The number of nitro benzene ring substituents is 1. The quantitative estimate of drug-likeness (QED) is 0.347. The Morgan fingerprint density at radius 3 is 2.58 bits per heavy atom. The zero-order chi connectivity index (χ0) is 16.8. The molecule has 0 bridgehead atoms. The van der Waals surface area contributed by atoms with Gasteiger partial charge >= 0.3 is 5.97 Å². The summed E-state index contributed by atoms with van der Waals surface area (Å²) < 4.78 is 4.97. The molecule has 132 valence electrons. The van der Waals surface area contributed by atoms with Crippen LogP contribution in [0.15, 0.2) is 24.3 Å². The van der Waals surface area contributed by atoms with E-state index in [0.717, 1.165) is 0 Å². The van der Waals surface area contributed by atoms with Gasteiger partial charge in [0.15, 0.2) is 0 Å². The number of rotatable bonds is 6. The topological polar surface area (TPSA) is 131 Å². The lowest BCUT2D eigenvalue weighted by atomic mass is 10.2. The van der Waals surface area contributed by atoms with Crippen LogP contribution in [0.2, 0.25) is 0 Å². The van der Waals surface area contributed by atoms with Gasteiger partial charge in [0.2, 0.25) is 5.91 Å². The fourth-order valence-electron chi connectivity index (χ4n) is 2.13. The summed E-state index contributed by atoms with van der Waals surface area (Å²) in [7, 11) is 0. The van der Waals surface area contributed by atoms with E-state index in [1.807, 2.05) is 0 Å². The highest BCUT2D eigenvalue weighted by Crippen LogP contribution is 2.12. The Hall–Kier alpha value is -2.04. The predicted molar refractivity (Wildman–Crippen MR) is 88.6 cm³/mol.